The van der Waals surface area contributed by atoms with Crippen LogP contribution >= 0.6 is 0 Å². The van der Waals surface area contributed by atoms with Crippen LogP contribution in [0.3, 0.4) is 0 Å². The van der Waals surface area contributed by atoms with Gasteiger partial charge in [-0.1, -0.05) is 30.7 Å². The predicted octanol–water partition coefficient (Wildman–Crippen LogP) is 5.57. The summed E-state index contributed by atoms with van der Waals surface area (Å²) in [5.74, 6) is -0.711. The van der Waals surface area contributed by atoms with Gasteiger partial charge >= 0.3 is 24.2 Å². The Hall–Kier alpha value is -4.62. The summed E-state index contributed by atoms with van der Waals surface area (Å²) in [7, 11) is 0. The first-order chi connectivity index (χ1) is 20.7. The van der Waals surface area contributed by atoms with Crippen LogP contribution in [-0.4, -0.2) is 34.9 Å². The summed E-state index contributed by atoms with van der Waals surface area (Å²) in [5.41, 5.74) is -0.684. The number of urea groups is 1. The molecule has 0 saturated heterocycles. The Labute approximate surface area is 252 Å². The molecule has 3 N–H and O–H groups in total. The number of aromatic nitrogens is 2. The molecular weight excluding hydrogens is 581 g/mol. The maximum Gasteiger partial charge on any atom is 0.416 e. The first-order valence-electron chi connectivity index (χ1n) is 14.1. The fourth-order valence-electron chi connectivity index (χ4n) is 4.87. The molecule has 0 radical (unpaired) electrons. The number of hydrogen-bond donors (Lipinski definition) is 3. The molecule has 2 unspecified atom stereocenters. The lowest BCUT2D eigenvalue weighted by Gasteiger charge is -2.27. The first kappa shape index (κ1) is 32.3. The highest BCUT2D eigenvalue weighted by atomic mass is 19.4. The van der Waals surface area contributed by atoms with Crippen molar-refractivity contribution in [2.24, 2.45) is 4.99 Å². The Morgan fingerprint density at radius 3 is 2.55 bits per heavy atom. The molecule has 1 aliphatic rings. The highest BCUT2D eigenvalue weighted by Gasteiger charge is 2.37. The Bertz CT molecular complexity index is 1520. The second-order valence-corrected chi connectivity index (χ2v) is 11.6. The lowest BCUT2D eigenvalue weighted by Crippen LogP contribution is -2.55. The number of amides is 3. The number of nitrogens with zero attached hydrogens (tertiary/aromatic N) is 3. The summed E-state index contributed by atoms with van der Waals surface area (Å²) in [6.07, 6.45) is -0.824. The quantitative estimate of drug-likeness (QED) is 0.180. The fourth-order valence-corrected chi connectivity index (χ4v) is 4.87. The maximum atomic E-state index is 13.6. The summed E-state index contributed by atoms with van der Waals surface area (Å²) >= 11 is 0. The normalized spacial score (nSPS) is 17.6. The average Bonchev–Trinajstić information content (AvgIpc) is 3.36. The third-order valence-electron chi connectivity index (χ3n) is 6.85. The first-order valence-corrected chi connectivity index (χ1v) is 14.1. The molecule has 0 aliphatic heterocycles. The van der Waals surface area contributed by atoms with Crippen LogP contribution < -0.4 is 25.7 Å². The van der Waals surface area contributed by atoms with Gasteiger partial charge in [0.05, 0.1) is 17.3 Å². The van der Waals surface area contributed by atoms with Crippen LogP contribution in [0.5, 0.6) is 0 Å². The van der Waals surface area contributed by atoms with Crippen LogP contribution in [0.15, 0.2) is 58.2 Å². The Morgan fingerprint density at radius 1 is 1.11 bits per heavy atom. The number of rotatable bonds is 7. The number of aryl methyl sites for hydroxylation is 1. The van der Waals surface area contributed by atoms with E-state index >= 15 is 0 Å². The Morgan fingerprint density at radius 2 is 1.84 bits per heavy atom. The minimum atomic E-state index is -4.75. The zero-order valence-corrected chi connectivity index (χ0v) is 24.8. The molecule has 3 amide bonds. The number of alkyl carbamates (subject to hydrolysis) is 1. The van der Waals surface area contributed by atoms with Crippen molar-refractivity contribution in [3.8, 4) is 0 Å². The molecular formula is C30H35F3N6O5. The van der Waals surface area contributed by atoms with Crippen molar-refractivity contribution in [1.29, 1.82) is 0 Å². The number of carbonyl (C=O) groups is 2. The van der Waals surface area contributed by atoms with E-state index in [4.69, 9.17) is 9.26 Å². The number of ether oxygens (including phenoxy) is 1. The molecule has 1 aromatic heterocycles. The number of carbonyl (C=O) groups excluding carboxylic acids is 2. The van der Waals surface area contributed by atoms with Crippen molar-refractivity contribution in [2.45, 2.75) is 83.7 Å². The van der Waals surface area contributed by atoms with Crippen LogP contribution in [0.2, 0.25) is 0 Å². The van der Waals surface area contributed by atoms with E-state index in [1.54, 1.807) is 32.9 Å². The molecule has 1 aliphatic carbocycles. The molecule has 2 aromatic carbocycles. The second kappa shape index (κ2) is 13.3. The average molecular weight is 617 g/mol. The van der Waals surface area contributed by atoms with Gasteiger partial charge in [-0.15, -0.1) is 0 Å². The van der Waals surface area contributed by atoms with Crippen molar-refractivity contribution in [3.05, 3.63) is 65.4 Å². The van der Waals surface area contributed by atoms with E-state index in [2.05, 4.69) is 26.2 Å². The molecule has 11 nitrogen and oxygen atoms in total. The van der Waals surface area contributed by atoms with Gasteiger partial charge in [0.15, 0.2) is 0 Å². The minimum absolute atomic E-state index is 0.0746. The standard InChI is InChI=1S/C30H35F3N6O5/c1-18-9-5-6-10-19(18)13-25(40)34-21-14-20(30(31,32)33)15-22(16-21)35-27(41)37-26-17-39(38-44-26)24-12-8-7-11-23(24)36-28(42)43-29(2,3)4/h5-6,9-10,14-17,23-24H,7-8,11-13H2,1-4H3,(H3-,34,35,36,37,38,40,41,42). The van der Waals surface area contributed by atoms with Gasteiger partial charge in [0, 0.05) is 18.5 Å². The molecule has 44 heavy (non-hydrogen) atoms. The van der Waals surface area contributed by atoms with E-state index in [0.717, 1.165) is 30.5 Å². The molecule has 0 spiro atoms. The topological polar surface area (TPSA) is 145 Å². The van der Waals surface area contributed by atoms with Gasteiger partial charge in [-0.25, -0.2) is 9.59 Å². The van der Waals surface area contributed by atoms with Crippen LogP contribution in [0.4, 0.5) is 40.0 Å². The van der Waals surface area contributed by atoms with Crippen LogP contribution in [-0.2, 0) is 17.3 Å². The van der Waals surface area contributed by atoms with Gasteiger partial charge in [0.2, 0.25) is 11.3 Å². The third kappa shape index (κ3) is 9.19. The van der Waals surface area contributed by atoms with E-state index in [1.165, 1.54) is 16.9 Å². The lowest BCUT2D eigenvalue weighted by atomic mass is 9.90. The third-order valence-corrected chi connectivity index (χ3v) is 6.85. The van der Waals surface area contributed by atoms with Crippen LogP contribution in [0.25, 0.3) is 0 Å². The lowest BCUT2D eigenvalue weighted by molar-refractivity contribution is -0.789. The number of aliphatic imine (C=N–C) groups is 1. The minimum Gasteiger partial charge on any atom is -0.861 e. The number of anilines is 2. The van der Waals surface area contributed by atoms with Gasteiger partial charge < -0.3 is 20.5 Å². The summed E-state index contributed by atoms with van der Waals surface area (Å²) in [6.45, 7) is 7.11. The summed E-state index contributed by atoms with van der Waals surface area (Å²) in [4.78, 5) is 28.9. The number of alkyl halides is 3. The second-order valence-electron chi connectivity index (χ2n) is 11.6. The van der Waals surface area contributed by atoms with Crippen molar-refractivity contribution in [1.82, 2.24) is 10.6 Å². The largest absolute Gasteiger partial charge is 0.861 e. The molecule has 0 bridgehead atoms. The molecule has 14 heteroatoms. The molecule has 1 heterocycles. The molecule has 1 saturated carbocycles. The Balaban J connectivity index is 1.45. The number of halogens is 3. The van der Waals surface area contributed by atoms with Crippen molar-refractivity contribution in [3.63, 3.8) is 0 Å². The van der Waals surface area contributed by atoms with Gasteiger partial charge in [0.1, 0.15) is 5.60 Å². The smallest absolute Gasteiger partial charge is 0.416 e. The van der Waals surface area contributed by atoms with Crippen molar-refractivity contribution in [2.75, 3.05) is 10.6 Å². The Kier molecular flexibility index (Phi) is 9.80. The molecule has 4 rings (SSSR count). The maximum absolute atomic E-state index is 13.6. The van der Waals surface area contributed by atoms with Gasteiger partial charge in [-0.3, -0.25) is 14.8 Å². The van der Waals surface area contributed by atoms with Gasteiger partial charge in [-0.2, -0.15) is 13.2 Å². The van der Waals surface area contributed by atoms with Crippen molar-refractivity contribution >= 4 is 35.3 Å². The zero-order valence-electron chi connectivity index (χ0n) is 24.8. The monoisotopic (exact) mass is 616 g/mol. The van der Waals surface area contributed by atoms with E-state index in [-0.39, 0.29) is 35.8 Å². The number of hydrogen-bond acceptors (Lipinski definition) is 7. The fraction of sp³-hybridized carbons (Fsp3) is 0.433. The zero-order chi connectivity index (χ0) is 32.1. The van der Waals surface area contributed by atoms with Crippen LogP contribution in [0.1, 0.15) is 69.2 Å². The highest BCUT2D eigenvalue weighted by Crippen LogP contribution is 2.34. The number of nitrogens with one attached hydrogen (secondary N) is 3. The highest BCUT2D eigenvalue weighted by molar-refractivity contribution is 5.99. The summed E-state index contributed by atoms with van der Waals surface area (Å²) < 4.78 is 53.0. The van der Waals surface area contributed by atoms with Gasteiger partial charge in [0.25, 0.3) is 6.20 Å². The number of benzene rings is 2. The van der Waals surface area contributed by atoms with Gasteiger partial charge in [-0.05, 0) is 80.4 Å². The SMILES string of the molecule is Cc1ccccc1CC([O-])=Nc1cc(NC(=O)Nc2c[n+](C3CCCCC3NC(=O)OC(C)(C)C)no2)cc(C(F)(F)F)c1. The van der Waals surface area contributed by atoms with E-state index in [0.29, 0.717) is 18.4 Å². The van der Waals surface area contributed by atoms with E-state index < -0.39 is 35.4 Å². The molecule has 236 valence electrons. The molecule has 3 aromatic rings. The summed E-state index contributed by atoms with van der Waals surface area (Å²) in [5, 5.41) is 24.1. The molecule has 1 fully saturated rings. The van der Waals surface area contributed by atoms with Crippen molar-refractivity contribution < 1.29 is 41.8 Å². The molecule has 2 atom stereocenters. The van der Waals surface area contributed by atoms with E-state index in [1.807, 2.05) is 19.1 Å². The predicted molar refractivity (Wildman–Crippen MR) is 153 cm³/mol. The summed E-state index contributed by atoms with van der Waals surface area (Å²) in [6, 6.07) is 8.29. The van der Waals surface area contributed by atoms with Crippen LogP contribution in [0, 0.1) is 6.92 Å². The van der Waals surface area contributed by atoms with E-state index in [9.17, 15) is 27.9 Å².